The summed E-state index contributed by atoms with van der Waals surface area (Å²) in [6.45, 7) is 5.14. The molecule has 36 heavy (non-hydrogen) atoms. The third-order valence-corrected chi connectivity index (χ3v) is 6.93. The Kier molecular flexibility index (Phi) is 6.97. The van der Waals surface area contributed by atoms with Gasteiger partial charge in [0.15, 0.2) is 11.5 Å². The number of aryl methyl sites for hydroxylation is 2. The molecule has 0 amide bonds. The molecule has 5 rings (SSSR count). The Labute approximate surface area is 214 Å². The van der Waals surface area contributed by atoms with Crippen molar-refractivity contribution in [2.75, 3.05) is 20.7 Å². The van der Waals surface area contributed by atoms with Crippen molar-refractivity contribution < 1.29 is 14.2 Å². The smallest absolute Gasteiger partial charge is 0.169 e. The van der Waals surface area contributed by atoms with Crippen LogP contribution >= 0.6 is 0 Å². The number of methoxy groups -OCH3 is 1. The Morgan fingerprint density at radius 3 is 2.03 bits per heavy atom. The van der Waals surface area contributed by atoms with E-state index < -0.39 is 0 Å². The van der Waals surface area contributed by atoms with Crippen molar-refractivity contribution in [2.24, 2.45) is 0 Å². The second-order valence-corrected chi connectivity index (χ2v) is 9.59. The third-order valence-electron chi connectivity index (χ3n) is 6.93. The summed E-state index contributed by atoms with van der Waals surface area (Å²) in [5, 5.41) is 0. The van der Waals surface area contributed by atoms with Crippen molar-refractivity contribution in [2.45, 2.75) is 32.7 Å². The van der Waals surface area contributed by atoms with Crippen molar-refractivity contribution in [3.05, 3.63) is 113 Å². The van der Waals surface area contributed by atoms with Crippen LogP contribution in [0.2, 0.25) is 0 Å². The van der Waals surface area contributed by atoms with Gasteiger partial charge in [0.1, 0.15) is 17.2 Å². The van der Waals surface area contributed by atoms with E-state index in [9.17, 15) is 0 Å². The lowest BCUT2D eigenvalue weighted by Crippen LogP contribution is -2.33. The summed E-state index contributed by atoms with van der Waals surface area (Å²) in [6.07, 6.45) is 1.84. The molecule has 4 heteroatoms. The lowest BCUT2D eigenvalue weighted by Gasteiger charge is -2.35. The van der Waals surface area contributed by atoms with Crippen LogP contribution in [0, 0.1) is 13.8 Å². The van der Waals surface area contributed by atoms with Gasteiger partial charge in [-0.3, -0.25) is 4.90 Å². The van der Waals surface area contributed by atoms with Gasteiger partial charge in [0.25, 0.3) is 0 Å². The molecular weight excluding hydrogens is 446 g/mol. The van der Waals surface area contributed by atoms with Gasteiger partial charge in [-0.15, -0.1) is 0 Å². The molecule has 1 aliphatic rings. The molecule has 1 heterocycles. The van der Waals surface area contributed by atoms with Crippen LogP contribution in [-0.2, 0) is 12.8 Å². The van der Waals surface area contributed by atoms with Crippen molar-refractivity contribution >= 4 is 0 Å². The molecule has 0 aliphatic carbocycles. The maximum Gasteiger partial charge on any atom is 0.169 e. The molecule has 0 fully saturated rings. The summed E-state index contributed by atoms with van der Waals surface area (Å²) in [7, 11) is 3.89. The second kappa shape index (κ2) is 10.5. The van der Waals surface area contributed by atoms with E-state index in [0.717, 1.165) is 48.1 Å². The second-order valence-electron chi connectivity index (χ2n) is 9.59. The average Bonchev–Trinajstić information content (AvgIpc) is 2.89. The molecule has 0 saturated carbocycles. The maximum atomic E-state index is 6.33. The van der Waals surface area contributed by atoms with Gasteiger partial charge in [0.2, 0.25) is 0 Å². The van der Waals surface area contributed by atoms with Crippen LogP contribution in [0.1, 0.15) is 33.9 Å². The zero-order chi connectivity index (χ0) is 25.1. The predicted molar refractivity (Wildman–Crippen MR) is 145 cm³/mol. The molecular formula is C32H33NO3. The first kappa shape index (κ1) is 24.0. The van der Waals surface area contributed by atoms with Crippen molar-refractivity contribution in [1.82, 2.24) is 4.90 Å². The quantitative estimate of drug-likeness (QED) is 0.272. The number of hydrogen-bond acceptors (Lipinski definition) is 4. The first-order chi connectivity index (χ1) is 17.5. The highest BCUT2D eigenvalue weighted by molar-refractivity contribution is 5.49. The van der Waals surface area contributed by atoms with Gasteiger partial charge in [0.05, 0.1) is 7.11 Å². The summed E-state index contributed by atoms with van der Waals surface area (Å²) in [5.74, 6) is 4.08. The van der Waals surface area contributed by atoms with Crippen LogP contribution in [0.5, 0.6) is 28.7 Å². The van der Waals surface area contributed by atoms with Gasteiger partial charge in [-0.1, -0.05) is 53.6 Å². The Bertz CT molecular complexity index is 1330. The maximum absolute atomic E-state index is 6.33. The highest BCUT2D eigenvalue weighted by Crippen LogP contribution is 2.39. The molecule has 0 radical (unpaired) electrons. The zero-order valence-electron chi connectivity index (χ0n) is 21.5. The summed E-state index contributed by atoms with van der Waals surface area (Å²) in [5.41, 5.74) is 6.26. The first-order valence-corrected chi connectivity index (χ1v) is 12.5. The summed E-state index contributed by atoms with van der Waals surface area (Å²) >= 11 is 0. The molecule has 4 aromatic rings. The lowest BCUT2D eigenvalue weighted by atomic mass is 9.88. The SMILES string of the molecule is COc1cc(CC2c3cccc(Oc4ccc(C)cc4)c3CCN2C)ccc1Oc1ccc(C)cc1. The first-order valence-electron chi connectivity index (χ1n) is 12.5. The number of fused-ring (bicyclic) bond motifs is 1. The fourth-order valence-corrected chi connectivity index (χ4v) is 4.82. The van der Waals surface area contributed by atoms with Crippen LogP contribution in [0.15, 0.2) is 84.9 Å². The molecule has 0 saturated heterocycles. The monoisotopic (exact) mass is 479 g/mol. The molecule has 0 bridgehead atoms. The largest absolute Gasteiger partial charge is 0.493 e. The van der Waals surface area contributed by atoms with Gasteiger partial charge in [-0.05, 0) is 87.3 Å². The van der Waals surface area contributed by atoms with E-state index in [2.05, 4.69) is 68.3 Å². The van der Waals surface area contributed by atoms with E-state index in [1.54, 1.807) is 7.11 Å². The van der Waals surface area contributed by atoms with Crippen molar-refractivity contribution in [1.29, 1.82) is 0 Å². The molecule has 0 N–H and O–H groups in total. The minimum Gasteiger partial charge on any atom is -0.493 e. The standard InChI is InChI=1S/C32H33NO3/c1-22-8-13-25(14-9-22)35-30-7-5-6-27-28(30)18-19-33(3)29(27)20-24-12-17-31(32(21-24)34-4)36-26-15-10-23(2)11-16-26/h5-17,21,29H,18-20H2,1-4H3. The highest BCUT2D eigenvalue weighted by Gasteiger charge is 2.27. The average molecular weight is 480 g/mol. The molecule has 0 aromatic heterocycles. The Balaban J connectivity index is 1.39. The number of nitrogens with zero attached hydrogens (tertiary/aromatic N) is 1. The van der Waals surface area contributed by atoms with Gasteiger partial charge in [-0.2, -0.15) is 0 Å². The van der Waals surface area contributed by atoms with E-state index in [-0.39, 0.29) is 6.04 Å². The zero-order valence-corrected chi connectivity index (χ0v) is 21.5. The molecule has 1 unspecified atom stereocenters. The molecule has 1 aliphatic heterocycles. The number of likely N-dealkylation sites (N-methyl/N-ethyl adjacent to an activating group) is 1. The number of hydrogen-bond donors (Lipinski definition) is 0. The highest BCUT2D eigenvalue weighted by atomic mass is 16.5. The van der Waals surface area contributed by atoms with Gasteiger partial charge in [0, 0.05) is 18.2 Å². The number of ether oxygens (including phenoxy) is 3. The Hall–Kier alpha value is -3.76. The third kappa shape index (κ3) is 5.24. The number of benzene rings is 4. The van der Waals surface area contributed by atoms with Crippen LogP contribution in [0.3, 0.4) is 0 Å². The normalized spacial score (nSPS) is 15.3. The van der Waals surface area contributed by atoms with Gasteiger partial charge >= 0.3 is 0 Å². The van der Waals surface area contributed by atoms with E-state index in [1.165, 1.54) is 27.8 Å². The van der Waals surface area contributed by atoms with Crippen molar-refractivity contribution in [3.63, 3.8) is 0 Å². The van der Waals surface area contributed by atoms with Crippen LogP contribution in [0.25, 0.3) is 0 Å². The molecule has 4 aromatic carbocycles. The number of rotatable bonds is 7. The van der Waals surface area contributed by atoms with E-state index in [0.29, 0.717) is 0 Å². The van der Waals surface area contributed by atoms with Gasteiger partial charge < -0.3 is 14.2 Å². The minimum absolute atomic E-state index is 0.254. The molecule has 1 atom stereocenters. The summed E-state index contributed by atoms with van der Waals surface area (Å²) in [6, 6.07) is 29.2. The van der Waals surface area contributed by atoms with Crippen molar-refractivity contribution in [3.8, 4) is 28.7 Å². The predicted octanol–water partition coefficient (Wildman–Crippen LogP) is 7.67. The van der Waals surface area contributed by atoms with E-state index in [4.69, 9.17) is 14.2 Å². The summed E-state index contributed by atoms with van der Waals surface area (Å²) in [4.78, 5) is 2.43. The Morgan fingerprint density at radius 2 is 1.39 bits per heavy atom. The van der Waals surface area contributed by atoms with Gasteiger partial charge in [-0.25, -0.2) is 0 Å². The fourth-order valence-electron chi connectivity index (χ4n) is 4.82. The van der Waals surface area contributed by atoms with Crippen LogP contribution in [0.4, 0.5) is 0 Å². The fraction of sp³-hybridized carbons (Fsp3) is 0.250. The lowest BCUT2D eigenvalue weighted by molar-refractivity contribution is 0.227. The van der Waals surface area contributed by atoms with Crippen LogP contribution < -0.4 is 14.2 Å². The topological polar surface area (TPSA) is 30.9 Å². The summed E-state index contributed by atoms with van der Waals surface area (Å²) < 4.78 is 18.1. The van der Waals surface area contributed by atoms with E-state index >= 15 is 0 Å². The van der Waals surface area contributed by atoms with E-state index in [1.807, 2.05) is 42.5 Å². The molecule has 184 valence electrons. The van der Waals surface area contributed by atoms with Crippen LogP contribution in [-0.4, -0.2) is 25.6 Å². The molecule has 4 nitrogen and oxygen atoms in total. The Morgan fingerprint density at radius 1 is 0.750 bits per heavy atom. The molecule has 0 spiro atoms. The minimum atomic E-state index is 0.254.